The van der Waals surface area contributed by atoms with Crippen molar-refractivity contribution in [2.75, 3.05) is 17.8 Å². The Morgan fingerprint density at radius 2 is 2.33 bits per heavy atom. The van der Waals surface area contributed by atoms with Crippen LogP contribution in [0.2, 0.25) is 0 Å². The highest BCUT2D eigenvalue weighted by Crippen LogP contribution is 2.19. The molecule has 0 aliphatic heterocycles. The minimum Gasteiger partial charge on any atom is -0.466 e. The Kier molecular flexibility index (Phi) is 7.77. The molecule has 0 saturated heterocycles. The minimum absolute atomic E-state index is 0.187. The summed E-state index contributed by atoms with van der Waals surface area (Å²) in [6.07, 6.45) is 3.11. The molecule has 128 valence electrons. The number of hydrazone groups is 1. The maximum Gasteiger partial charge on any atom is 0.311 e. The lowest BCUT2D eigenvalue weighted by Crippen LogP contribution is -2.07. The second-order valence-electron chi connectivity index (χ2n) is 4.92. The van der Waals surface area contributed by atoms with E-state index in [0.717, 1.165) is 17.7 Å². The number of thioether (sulfide) groups is 1. The van der Waals surface area contributed by atoms with Gasteiger partial charge >= 0.3 is 5.97 Å². The molecule has 0 aliphatic carbocycles. The Labute approximate surface area is 150 Å². The number of carbonyl (C=O) groups excluding carboxylic acids is 1. The fourth-order valence-electron chi connectivity index (χ4n) is 1.87. The Hall–Kier alpha value is -1.86. The Morgan fingerprint density at radius 3 is 3.12 bits per heavy atom. The van der Waals surface area contributed by atoms with Crippen LogP contribution in [0.5, 0.6) is 0 Å². The standard InChI is InChI=1S/C17H21N3O2S2/c1-3-8-23-15-7-5-6-13(9-15)11-18-20-17-19-14(12-24-17)10-16(21)22-4-2/h5-7,9,11-12H,3-4,8,10H2,1-2H3,(H,19,20). The largest absolute Gasteiger partial charge is 0.466 e. The normalized spacial score (nSPS) is 10.9. The smallest absolute Gasteiger partial charge is 0.311 e. The molecule has 0 spiro atoms. The minimum atomic E-state index is -0.265. The summed E-state index contributed by atoms with van der Waals surface area (Å²) in [5.74, 6) is 0.848. The van der Waals surface area contributed by atoms with Crippen molar-refractivity contribution in [3.63, 3.8) is 0 Å². The second kappa shape index (κ2) is 10.1. The lowest BCUT2D eigenvalue weighted by atomic mass is 10.2. The van der Waals surface area contributed by atoms with E-state index in [4.69, 9.17) is 4.74 Å². The quantitative estimate of drug-likeness (QED) is 0.313. The highest BCUT2D eigenvalue weighted by molar-refractivity contribution is 7.99. The van der Waals surface area contributed by atoms with Crippen LogP contribution in [0.15, 0.2) is 39.6 Å². The van der Waals surface area contributed by atoms with E-state index in [9.17, 15) is 4.79 Å². The molecular formula is C17H21N3O2S2. The molecule has 0 fully saturated rings. The molecule has 0 atom stereocenters. The Morgan fingerprint density at radius 1 is 1.46 bits per heavy atom. The van der Waals surface area contributed by atoms with E-state index in [1.807, 2.05) is 29.3 Å². The molecule has 1 heterocycles. The SMILES string of the molecule is CCCSc1cccc(C=NNc2nc(CC(=O)OCC)cs2)c1. The van der Waals surface area contributed by atoms with Crippen LogP contribution in [-0.2, 0) is 16.0 Å². The number of rotatable bonds is 9. The number of aromatic nitrogens is 1. The van der Waals surface area contributed by atoms with Crippen molar-refractivity contribution >= 4 is 40.4 Å². The topological polar surface area (TPSA) is 63.6 Å². The van der Waals surface area contributed by atoms with Gasteiger partial charge in [0.05, 0.1) is 24.9 Å². The number of nitrogens with zero attached hydrogens (tertiary/aromatic N) is 2. The number of benzene rings is 1. The van der Waals surface area contributed by atoms with Crippen molar-refractivity contribution in [1.29, 1.82) is 0 Å². The summed E-state index contributed by atoms with van der Waals surface area (Å²) in [7, 11) is 0. The monoisotopic (exact) mass is 363 g/mol. The molecule has 0 unspecified atom stereocenters. The highest BCUT2D eigenvalue weighted by Gasteiger charge is 2.07. The molecular weight excluding hydrogens is 342 g/mol. The predicted molar refractivity (Wildman–Crippen MR) is 101 cm³/mol. The summed E-state index contributed by atoms with van der Waals surface area (Å²) >= 11 is 3.25. The van der Waals surface area contributed by atoms with Gasteiger partial charge in [0.1, 0.15) is 0 Å². The van der Waals surface area contributed by atoms with E-state index in [0.29, 0.717) is 17.4 Å². The van der Waals surface area contributed by atoms with E-state index >= 15 is 0 Å². The van der Waals surface area contributed by atoms with Gasteiger partial charge in [0.15, 0.2) is 0 Å². The Balaban J connectivity index is 1.87. The number of hydrogen-bond acceptors (Lipinski definition) is 7. The summed E-state index contributed by atoms with van der Waals surface area (Å²) in [5, 5.41) is 6.69. The van der Waals surface area contributed by atoms with Crippen molar-refractivity contribution in [1.82, 2.24) is 4.98 Å². The highest BCUT2D eigenvalue weighted by atomic mass is 32.2. The molecule has 1 N–H and O–H groups in total. The first-order chi connectivity index (χ1) is 11.7. The van der Waals surface area contributed by atoms with Gasteiger partial charge in [-0.15, -0.1) is 23.1 Å². The lowest BCUT2D eigenvalue weighted by Gasteiger charge is -2.01. The first-order valence-electron chi connectivity index (χ1n) is 7.83. The summed E-state index contributed by atoms with van der Waals surface area (Å²) < 4.78 is 4.91. The van der Waals surface area contributed by atoms with Gasteiger partial charge in [0, 0.05) is 10.3 Å². The van der Waals surface area contributed by atoms with Crippen LogP contribution in [-0.4, -0.2) is 29.5 Å². The van der Waals surface area contributed by atoms with Crippen LogP contribution in [0, 0.1) is 0 Å². The molecule has 0 saturated carbocycles. The van der Waals surface area contributed by atoms with Crippen molar-refractivity contribution in [2.45, 2.75) is 31.6 Å². The fourth-order valence-corrected chi connectivity index (χ4v) is 3.36. The van der Waals surface area contributed by atoms with Crippen molar-refractivity contribution < 1.29 is 9.53 Å². The number of nitrogens with one attached hydrogen (secondary N) is 1. The van der Waals surface area contributed by atoms with Crippen LogP contribution in [0.1, 0.15) is 31.5 Å². The van der Waals surface area contributed by atoms with Crippen LogP contribution in [0.4, 0.5) is 5.13 Å². The van der Waals surface area contributed by atoms with E-state index in [1.54, 1.807) is 13.1 Å². The van der Waals surface area contributed by atoms with Crippen molar-refractivity contribution in [3.05, 3.63) is 40.9 Å². The molecule has 1 aromatic carbocycles. The molecule has 0 aliphatic rings. The average Bonchev–Trinajstić information content (AvgIpc) is 3.01. The maximum absolute atomic E-state index is 11.4. The molecule has 0 bridgehead atoms. The predicted octanol–water partition coefficient (Wildman–Crippen LogP) is 4.20. The number of carbonyl (C=O) groups is 1. The molecule has 0 amide bonds. The molecule has 5 nitrogen and oxygen atoms in total. The van der Waals surface area contributed by atoms with E-state index in [-0.39, 0.29) is 12.4 Å². The second-order valence-corrected chi connectivity index (χ2v) is 6.94. The fraction of sp³-hybridized carbons (Fsp3) is 0.353. The number of hydrogen-bond donors (Lipinski definition) is 1. The molecule has 2 rings (SSSR count). The van der Waals surface area contributed by atoms with Crippen LogP contribution < -0.4 is 5.43 Å². The molecule has 24 heavy (non-hydrogen) atoms. The van der Waals surface area contributed by atoms with E-state index < -0.39 is 0 Å². The van der Waals surface area contributed by atoms with Gasteiger partial charge in [-0.25, -0.2) is 4.98 Å². The maximum atomic E-state index is 11.4. The van der Waals surface area contributed by atoms with E-state index in [2.05, 4.69) is 34.6 Å². The lowest BCUT2D eigenvalue weighted by molar-refractivity contribution is -0.142. The third kappa shape index (κ3) is 6.33. The van der Waals surface area contributed by atoms with Crippen LogP contribution in [0.3, 0.4) is 0 Å². The van der Waals surface area contributed by atoms with Gasteiger partial charge < -0.3 is 4.74 Å². The zero-order chi connectivity index (χ0) is 17.2. The van der Waals surface area contributed by atoms with Gasteiger partial charge in [0.25, 0.3) is 0 Å². The summed E-state index contributed by atoms with van der Waals surface area (Å²) in [6, 6.07) is 8.25. The van der Waals surface area contributed by atoms with Gasteiger partial charge in [-0.3, -0.25) is 10.2 Å². The average molecular weight is 364 g/mol. The third-order valence-corrected chi connectivity index (χ3v) is 4.88. The zero-order valence-electron chi connectivity index (χ0n) is 13.8. The summed E-state index contributed by atoms with van der Waals surface area (Å²) in [6.45, 7) is 4.34. The number of esters is 1. The number of ether oxygens (including phenoxy) is 1. The van der Waals surface area contributed by atoms with E-state index in [1.165, 1.54) is 16.2 Å². The summed E-state index contributed by atoms with van der Waals surface area (Å²) in [5.41, 5.74) is 4.62. The number of thiazole rings is 1. The van der Waals surface area contributed by atoms with Crippen molar-refractivity contribution in [2.24, 2.45) is 5.10 Å². The van der Waals surface area contributed by atoms with Gasteiger partial charge in [0.2, 0.25) is 5.13 Å². The summed E-state index contributed by atoms with van der Waals surface area (Å²) in [4.78, 5) is 17.0. The van der Waals surface area contributed by atoms with Crippen LogP contribution in [0.25, 0.3) is 0 Å². The van der Waals surface area contributed by atoms with Crippen molar-refractivity contribution in [3.8, 4) is 0 Å². The molecule has 2 aromatic rings. The first-order valence-corrected chi connectivity index (χ1v) is 9.69. The van der Waals surface area contributed by atoms with Crippen LogP contribution >= 0.6 is 23.1 Å². The zero-order valence-corrected chi connectivity index (χ0v) is 15.5. The van der Waals surface area contributed by atoms with Gasteiger partial charge in [-0.05, 0) is 36.8 Å². The molecule has 0 radical (unpaired) electrons. The van der Waals surface area contributed by atoms with Gasteiger partial charge in [-0.1, -0.05) is 19.1 Å². The first kappa shape index (κ1) is 18.5. The number of anilines is 1. The van der Waals surface area contributed by atoms with Gasteiger partial charge in [-0.2, -0.15) is 5.10 Å². The molecule has 1 aromatic heterocycles. The molecule has 7 heteroatoms. The third-order valence-electron chi connectivity index (χ3n) is 2.89. The Bertz CT molecular complexity index is 686.